The van der Waals surface area contributed by atoms with E-state index in [1.165, 1.54) is 6.20 Å². The summed E-state index contributed by atoms with van der Waals surface area (Å²) in [5.74, 6) is 0.478. The average Bonchev–Trinajstić information content (AvgIpc) is 3.17. The summed E-state index contributed by atoms with van der Waals surface area (Å²) in [5, 5.41) is 11.0. The smallest absolute Gasteiger partial charge is 0.265 e. The molecule has 1 atom stereocenters. The topological polar surface area (TPSA) is 93.8 Å². The second-order valence-electron chi connectivity index (χ2n) is 4.41. The summed E-state index contributed by atoms with van der Waals surface area (Å²) < 4.78 is 8.68. The van der Waals surface area contributed by atoms with Gasteiger partial charge in [-0.2, -0.15) is 4.98 Å². The molecule has 0 aliphatic carbocycles. The highest BCUT2D eigenvalue weighted by molar-refractivity contribution is 7.07. The number of hydrogen-bond acceptors (Lipinski definition) is 7. The Hall–Kier alpha value is -2.32. The van der Waals surface area contributed by atoms with Gasteiger partial charge in [-0.25, -0.2) is 0 Å². The molecule has 22 heavy (non-hydrogen) atoms. The predicted molar refractivity (Wildman–Crippen MR) is 79.7 cm³/mol. The zero-order valence-corrected chi connectivity index (χ0v) is 12.9. The summed E-state index contributed by atoms with van der Waals surface area (Å²) in [5.41, 5.74) is 0.788. The van der Waals surface area contributed by atoms with Crippen LogP contribution in [-0.2, 0) is 0 Å². The number of halogens is 1. The largest absolute Gasteiger partial charge is 0.340 e. The van der Waals surface area contributed by atoms with E-state index in [-0.39, 0.29) is 5.91 Å². The Bertz CT molecular complexity index is 772. The summed E-state index contributed by atoms with van der Waals surface area (Å²) in [6.07, 6.45) is 1.40. The van der Waals surface area contributed by atoms with Crippen molar-refractivity contribution in [3.63, 3.8) is 0 Å². The first-order chi connectivity index (χ1) is 10.6. The number of rotatable bonds is 4. The van der Waals surface area contributed by atoms with Crippen LogP contribution in [0.5, 0.6) is 0 Å². The first-order valence-electron chi connectivity index (χ1n) is 6.27. The minimum absolute atomic E-state index is 0.308. The monoisotopic (exact) mass is 335 g/mol. The highest BCUT2D eigenvalue weighted by Crippen LogP contribution is 2.22. The molecule has 0 radical (unpaired) electrons. The van der Waals surface area contributed by atoms with E-state index in [0.717, 1.165) is 17.1 Å². The molecule has 2 aromatic heterocycles. The highest BCUT2D eigenvalue weighted by Gasteiger charge is 2.23. The summed E-state index contributed by atoms with van der Waals surface area (Å²) >= 11 is 6.91. The van der Waals surface area contributed by atoms with Crippen molar-refractivity contribution in [2.75, 3.05) is 0 Å². The number of carbonyl (C=O) groups excluding carboxylic acids is 1. The SMILES string of the molecule is Cc1nc(C(NC(=O)c2cnns2)c2ccc(Cl)cc2)no1. The molecule has 1 N–H and O–H groups in total. The maximum atomic E-state index is 12.2. The normalized spacial score (nSPS) is 12.1. The summed E-state index contributed by atoms with van der Waals surface area (Å²) in [6, 6.07) is 6.51. The van der Waals surface area contributed by atoms with Crippen LogP contribution in [0.15, 0.2) is 35.0 Å². The van der Waals surface area contributed by atoms with Crippen molar-refractivity contribution in [2.24, 2.45) is 0 Å². The van der Waals surface area contributed by atoms with Crippen molar-refractivity contribution in [1.82, 2.24) is 25.0 Å². The third-order valence-electron chi connectivity index (χ3n) is 2.87. The Morgan fingerprint density at radius 1 is 1.36 bits per heavy atom. The molecule has 1 amide bonds. The molecule has 2 heterocycles. The number of amides is 1. The molecule has 0 aliphatic rings. The van der Waals surface area contributed by atoms with Gasteiger partial charge in [0.1, 0.15) is 10.9 Å². The fourth-order valence-electron chi connectivity index (χ4n) is 1.85. The minimum Gasteiger partial charge on any atom is -0.340 e. The molecule has 3 aromatic rings. The molecule has 0 spiro atoms. The van der Waals surface area contributed by atoms with Gasteiger partial charge in [-0.1, -0.05) is 33.4 Å². The second kappa shape index (κ2) is 6.20. The summed E-state index contributed by atoms with van der Waals surface area (Å²) in [4.78, 5) is 16.8. The van der Waals surface area contributed by atoms with Crippen molar-refractivity contribution < 1.29 is 9.32 Å². The molecule has 0 bridgehead atoms. The number of nitrogens with one attached hydrogen (secondary N) is 1. The summed E-state index contributed by atoms with van der Waals surface area (Å²) in [6.45, 7) is 1.68. The van der Waals surface area contributed by atoms with E-state index in [1.54, 1.807) is 31.2 Å². The van der Waals surface area contributed by atoms with Crippen molar-refractivity contribution in [3.05, 3.63) is 57.6 Å². The van der Waals surface area contributed by atoms with E-state index in [0.29, 0.717) is 21.6 Å². The van der Waals surface area contributed by atoms with Crippen LogP contribution >= 0.6 is 23.1 Å². The molecule has 0 saturated carbocycles. The van der Waals surface area contributed by atoms with Gasteiger partial charge in [-0.15, -0.1) is 5.10 Å². The maximum Gasteiger partial charge on any atom is 0.265 e. The van der Waals surface area contributed by atoms with Crippen molar-refractivity contribution in [2.45, 2.75) is 13.0 Å². The molecule has 9 heteroatoms. The van der Waals surface area contributed by atoms with E-state index in [9.17, 15) is 4.79 Å². The first kappa shape index (κ1) is 14.6. The molecule has 3 rings (SSSR count). The van der Waals surface area contributed by atoms with Crippen LogP contribution in [0.4, 0.5) is 0 Å². The zero-order chi connectivity index (χ0) is 15.5. The Kier molecular flexibility index (Phi) is 4.12. The van der Waals surface area contributed by atoms with E-state index in [1.807, 2.05) is 0 Å². The highest BCUT2D eigenvalue weighted by atomic mass is 35.5. The standard InChI is InChI=1S/C13H10ClN5O2S/c1-7-16-12(18-21-7)11(8-2-4-9(14)5-3-8)17-13(20)10-6-15-19-22-10/h2-6,11H,1H3,(H,17,20). The Morgan fingerprint density at radius 3 is 2.73 bits per heavy atom. The number of aryl methyl sites for hydroxylation is 1. The fourth-order valence-corrected chi connectivity index (χ4v) is 2.40. The molecule has 7 nitrogen and oxygen atoms in total. The van der Waals surface area contributed by atoms with Gasteiger partial charge in [0.2, 0.25) is 5.89 Å². The van der Waals surface area contributed by atoms with E-state index >= 15 is 0 Å². The maximum absolute atomic E-state index is 12.2. The number of aromatic nitrogens is 4. The van der Waals surface area contributed by atoms with Crippen LogP contribution in [0.1, 0.15) is 33.0 Å². The van der Waals surface area contributed by atoms with Gasteiger partial charge in [-0.3, -0.25) is 4.79 Å². The van der Waals surface area contributed by atoms with E-state index in [4.69, 9.17) is 16.1 Å². The van der Waals surface area contributed by atoms with Crippen molar-refractivity contribution in [3.8, 4) is 0 Å². The predicted octanol–water partition coefficient (Wildman–Crippen LogP) is 2.40. The van der Waals surface area contributed by atoms with Crippen molar-refractivity contribution in [1.29, 1.82) is 0 Å². The summed E-state index contributed by atoms with van der Waals surface area (Å²) in [7, 11) is 0. The second-order valence-corrected chi connectivity index (χ2v) is 5.63. The fraction of sp³-hybridized carbons (Fsp3) is 0.154. The van der Waals surface area contributed by atoms with Gasteiger partial charge in [0.15, 0.2) is 5.82 Å². The number of carbonyl (C=O) groups is 1. The lowest BCUT2D eigenvalue weighted by Gasteiger charge is -2.15. The van der Waals surface area contributed by atoms with Gasteiger partial charge >= 0.3 is 0 Å². The van der Waals surface area contributed by atoms with Gasteiger partial charge in [0, 0.05) is 11.9 Å². The lowest BCUT2D eigenvalue weighted by molar-refractivity contribution is 0.0945. The lowest BCUT2D eigenvalue weighted by Crippen LogP contribution is -2.29. The molecule has 0 fully saturated rings. The van der Waals surface area contributed by atoms with Crippen LogP contribution in [0.3, 0.4) is 0 Å². The van der Waals surface area contributed by atoms with Crippen LogP contribution < -0.4 is 5.32 Å². The molecular weight excluding hydrogens is 326 g/mol. The molecule has 0 aliphatic heterocycles. The van der Waals surface area contributed by atoms with Crippen LogP contribution in [-0.4, -0.2) is 25.6 Å². The molecule has 1 unspecified atom stereocenters. The number of benzene rings is 1. The third-order valence-corrected chi connectivity index (χ3v) is 3.78. The van der Waals surface area contributed by atoms with E-state index < -0.39 is 6.04 Å². The van der Waals surface area contributed by atoms with Crippen LogP contribution in [0.25, 0.3) is 0 Å². The van der Waals surface area contributed by atoms with Crippen LogP contribution in [0, 0.1) is 6.92 Å². The van der Waals surface area contributed by atoms with Gasteiger partial charge in [-0.05, 0) is 29.2 Å². The van der Waals surface area contributed by atoms with Gasteiger partial charge in [0.25, 0.3) is 5.91 Å². The molecule has 0 saturated heterocycles. The van der Waals surface area contributed by atoms with Gasteiger partial charge in [0.05, 0.1) is 6.20 Å². The number of hydrogen-bond donors (Lipinski definition) is 1. The minimum atomic E-state index is -0.552. The Labute approximate surface area is 134 Å². The molecule has 112 valence electrons. The Morgan fingerprint density at radius 2 is 2.14 bits per heavy atom. The Balaban J connectivity index is 1.92. The van der Waals surface area contributed by atoms with Gasteiger partial charge < -0.3 is 9.84 Å². The van der Waals surface area contributed by atoms with E-state index in [2.05, 4.69) is 25.0 Å². The number of nitrogens with zero attached hydrogens (tertiary/aromatic N) is 4. The zero-order valence-electron chi connectivity index (χ0n) is 11.4. The van der Waals surface area contributed by atoms with Crippen LogP contribution in [0.2, 0.25) is 5.02 Å². The third kappa shape index (κ3) is 3.12. The molecular formula is C13H10ClN5O2S. The first-order valence-corrected chi connectivity index (χ1v) is 7.42. The van der Waals surface area contributed by atoms with Crippen molar-refractivity contribution >= 4 is 29.0 Å². The lowest BCUT2D eigenvalue weighted by atomic mass is 10.1. The average molecular weight is 336 g/mol. The molecule has 1 aromatic carbocycles. The quantitative estimate of drug-likeness (QED) is 0.786.